The Hall–Kier alpha value is -1.80. The van der Waals surface area contributed by atoms with Crippen molar-refractivity contribution in [2.24, 2.45) is 0 Å². The van der Waals surface area contributed by atoms with Crippen LogP contribution < -0.4 is 0 Å². The molecule has 1 heterocycles. The molecule has 0 atom stereocenters. The van der Waals surface area contributed by atoms with Crippen LogP contribution in [-0.2, 0) is 15.6 Å². The molecular formula is C12H10FNO4S2. The SMILES string of the molecule is Cc1nc(CS(=O)(=O)c2ccc(F)c(C(=O)O)c2)cs1. The molecule has 8 heteroatoms. The van der Waals surface area contributed by atoms with Crippen LogP contribution in [0.5, 0.6) is 0 Å². The quantitative estimate of drug-likeness (QED) is 0.875. The van der Waals surface area contributed by atoms with Gasteiger partial charge in [-0.15, -0.1) is 11.3 Å². The molecule has 0 amide bonds. The molecule has 0 saturated heterocycles. The van der Waals surface area contributed by atoms with Gasteiger partial charge in [0.1, 0.15) is 5.82 Å². The Bertz CT molecular complexity index is 768. The van der Waals surface area contributed by atoms with Gasteiger partial charge >= 0.3 is 5.97 Å². The number of thiazole rings is 1. The van der Waals surface area contributed by atoms with E-state index < -0.39 is 27.2 Å². The molecule has 0 saturated carbocycles. The number of aromatic carboxylic acids is 1. The number of hydrogen-bond acceptors (Lipinski definition) is 5. The van der Waals surface area contributed by atoms with Gasteiger partial charge in [0.15, 0.2) is 9.84 Å². The summed E-state index contributed by atoms with van der Waals surface area (Å²) in [4.78, 5) is 14.6. The normalized spacial score (nSPS) is 11.5. The first-order valence-corrected chi connectivity index (χ1v) is 7.99. The number of rotatable bonds is 4. The second-order valence-corrected chi connectivity index (χ2v) is 7.12. The number of carbonyl (C=O) groups is 1. The topological polar surface area (TPSA) is 84.3 Å². The summed E-state index contributed by atoms with van der Waals surface area (Å²) in [6.07, 6.45) is 0. The molecule has 20 heavy (non-hydrogen) atoms. The lowest BCUT2D eigenvalue weighted by Crippen LogP contribution is -2.08. The predicted molar refractivity (Wildman–Crippen MR) is 71.1 cm³/mol. The molecule has 5 nitrogen and oxygen atoms in total. The molecule has 2 rings (SSSR count). The highest BCUT2D eigenvalue weighted by atomic mass is 32.2. The van der Waals surface area contributed by atoms with Gasteiger partial charge in [0.2, 0.25) is 0 Å². The number of aryl methyl sites for hydroxylation is 1. The standard InChI is InChI=1S/C12H10FNO4S2/c1-7-14-8(5-19-7)6-20(17,18)9-2-3-11(13)10(4-9)12(15)16/h2-5H,6H2,1H3,(H,15,16). The van der Waals surface area contributed by atoms with E-state index in [0.29, 0.717) is 5.69 Å². The molecule has 1 aromatic carbocycles. The fourth-order valence-corrected chi connectivity index (χ4v) is 3.61. The summed E-state index contributed by atoms with van der Waals surface area (Å²) in [6.45, 7) is 1.75. The summed E-state index contributed by atoms with van der Waals surface area (Å²) in [6, 6.07) is 2.71. The third-order valence-corrected chi connectivity index (χ3v) is 5.00. The van der Waals surface area contributed by atoms with Crippen molar-refractivity contribution in [3.05, 3.63) is 45.7 Å². The number of hydrogen-bond donors (Lipinski definition) is 1. The number of carboxylic acid groups (broad SMARTS) is 1. The zero-order valence-corrected chi connectivity index (χ0v) is 12.0. The zero-order valence-electron chi connectivity index (χ0n) is 10.3. The van der Waals surface area contributed by atoms with Crippen LogP contribution in [-0.4, -0.2) is 24.5 Å². The van der Waals surface area contributed by atoms with E-state index in [2.05, 4.69) is 4.98 Å². The van der Waals surface area contributed by atoms with Crippen LogP contribution >= 0.6 is 11.3 Å². The van der Waals surface area contributed by atoms with Gasteiger partial charge in [-0.25, -0.2) is 22.6 Å². The Morgan fingerprint density at radius 3 is 2.70 bits per heavy atom. The number of halogens is 1. The average molecular weight is 315 g/mol. The molecular weight excluding hydrogens is 305 g/mol. The first-order chi connectivity index (χ1) is 9.29. The summed E-state index contributed by atoms with van der Waals surface area (Å²) in [5, 5.41) is 11.2. The van der Waals surface area contributed by atoms with Crippen LogP contribution in [0, 0.1) is 12.7 Å². The maximum atomic E-state index is 13.3. The van der Waals surface area contributed by atoms with Crippen molar-refractivity contribution < 1.29 is 22.7 Å². The van der Waals surface area contributed by atoms with Crippen LogP contribution in [0.15, 0.2) is 28.5 Å². The van der Waals surface area contributed by atoms with E-state index in [4.69, 9.17) is 5.11 Å². The van der Waals surface area contributed by atoms with E-state index in [9.17, 15) is 17.6 Å². The van der Waals surface area contributed by atoms with Gasteiger partial charge in [-0.05, 0) is 25.1 Å². The monoisotopic (exact) mass is 315 g/mol. The number of carboxylic acids is 1. The minimum atomic E-state index is -3.76. The van der Waals surface area contributed by atoms with E-state index >= 15 is 0 Å². The molecule has 0 aliphatic rings. The van der Waals surface area contributed by atoms with Gasteiger partial charge in [-0.1, -0.05) is 0 Å². The number of nitrogens with zero attached hydrogens (tertiary/aromatic N) is 1. The molecule has 0 aliphatic carbocycles. The van der Waals surface area contributed by atoms with Crippen LogP contribution in [0.4, 0.5) is 4.39 Å². The van der Waals surface area contributed by atoms with Gasteiger partial charge in [0.05, 0.1) is 26.9 Å². The summed E-state index contributed by atoms with van der Waals surface area (Å²) in [7, 11) is -3.76. The fraction of sp³-hybridized carbons (Fsp3) is 0.167. The zero-order chi connectivity index (χ0) is 14.9. The number of aromatic nitrogens is 1. The van der Waals surface area contributed by atoms with Crippen molar-refractivity contribution in [2.45, 2.75) is 17.6 Å². The highest BCUT2D eigenvalue weighted by Gasteiger charge is 2.20. The summed E-state index contributed by atoms with van der Waals surface area (Å²) < 4.78 is 37.5. The van der Waals surface area contributed by atoms with E-state index in [1.54, 1.807) is 12.3 Å². The van der Waals surface area contributed by atoms with Crippen LogP contribution in [0.2, 0.25) is 0 Å². The average Bonchev–Trinajstić information content (AvgIpc) is 2.73. The largest absolute Gasteiger partial charge is 0.478 e. The van der Waals surface area contributed by atoms with E-state index in [1.807, 2.05) is 0 Å². The first kappa shape index (κ1) is 14.6. The molecule has 106 valence electrons. The first-order valence-electron chi connectivity index (χ1n) is 5.46. The van der Waals surface area contributed by atoms with Gasteiger partial charge in [-0.2, -0.15) is 0 Å². The lowest BCUT2D eigenvalue weighted by molar-refractivity contribution is 0.0691. The van der Waals surface area contributed by atoms with Gasteiger partial charge in [-0.3, -0.25) is 0 Å². The summed E-state index contributed by atoms with van der Waals surface area (Å²) in [5.41, 5.74) is -0.283. The van der Waals surface area contributed by atoms with Crippen molar-refractivity contribution in [1.82, 2.24) is 4.98 Å². The van der Waals surface area contributed by atoms with Crippen molar-refractivity contribution in [2.75, 3.05) is 0 Å². The lowest BCUT2D eigenvalue weighted by Gasteiger charge is -2.04. The van der Waals surface area contributed by atoms with Crippen molar-refractivity contribution >= 4 is 27.1 Å². The Kier molecular flexibility index (Phi) is 3.87. The maximum absolute atomic E-state index is 13.3. The minimum Gasteiger partial charge on any atom is -0.478 e. The molecule has 0 bridgehead atoms. The second kappa shape index (κ2) is 5.29. The molecule has 0 aliphatic heterocycles. The number of benzene rings is 1. The summed E-state index contributed by atoms with van der Waals surface area (Å²) in [5.74, 6) is -2.83. The molecule has 0 spiro atoms. The van der Waals surface area contributed by atoms with E-state index in [0.717, 1.165) is 23.2 Å². The van der Waals surface area contributed by atoms with Crippen LogP contribution in [0.25, 0.3) is 0 Å². The molecule has 0 unspecified atom stereocenters. The highest BCUT2D eigenvalue weighted by Crippen LogP contribution is 2.20. The van der Waals surface area contributed by atoms with Gasteiger partial charge in [0, 0.05) is 5.38 Å². The van der Waals surface area contributed by atoms with Crippen LogP contribution in [0.1, 0.15) is 21.1 Å². The molecule has 2 aromatic rings. The molecule has 1 N–H and O–H groups in total. The second-order valence-electron chi connectivity index (χ2n) is 4.06. The van der Waals surface area contributed by atoms with E-state index in [1.165, 1.54) is 11.3 Å². The van der Waals surface area contributed by atoms with Crippen molar-refractivity contribution in [3.8, 4) is 0 Å². The van der Waals surface area contributed by atoms with Crippen molar-refractivity contribution in [3.63, 3.8) is 0 Å². The van der Waals surface area contributed by atoms with Gasteiger partial charge < -0.3 is 5.11 Å². The third-order valence-electron chi connectivity index (χ3n) is 2.53. The summed E-state index contributed by atoms with van der Waals surface area (Å²) >= 11 is 1.32. The molecule has 0 radical (unpaired) electrons. The predicted octanol–water partition coefficient (Wildman–Crippen LogP) is 2.26. The Morgan fingerprint density at radius 1 is 1.45 bits per heavy atom. The van der Waals surface area contributed by atoms with E-state index in [-0.39, 0.29) is 10.6 Å². The Balaban J connectivity index is 2.39. The highest BCUT2D eigenvalue weighted by molar-refractivity contribution is 7.90. The smallest absolute Gasteiger partial charge is 0.338 e. The maximum Gasteiger partial charge on any atom is 0.338 e. The van der Waals surface area contributed by atoms with Crippen molar-refractivity contribution in [1.29, 1.82) is 0 Å². The number of sulfone groups is 1. The third kappa shape index (κ3) is 3.02. The van der Waals surface area contributed by atoms with Gasteiger partial charge in [0.25, 0.3) is 0 Å². The Labute approximate surface area is 118 Å². The fourth-order valence-electron chi connectivity index (χ4n) is 1.61. The lowest BCUT2D eigenvalue weighted by atomic mass is 10.2. The molecule has 0 fully saturated rings. The minimum absolute atomic E-state index is 0.234. The Morgan fingerprint density at radius 2 is 2.15 bits per heavy atom. The van der Waals surface area contributed by atoms with Crippen LogP contribution in [0.3, 0.4) is 0 Å². The molecule has 1 aromatic heterocycles.